The molecule has 1 aromatic carbocycles. The van der Waals surface area contributed by atoms with Crippen molar-refractivity contribution in [3.05, 3.63) is 59.0 Å². The lowest BCUT2D eigenvalue weighted by atomic mass is 10.1. The zero-order valence-electron chi connectivity index (χ0n) is 15.3. The van der Waals surface area contributed by atoms with Crippen molar-refractivity contribution in [1.29, 1.82) is 0 Å². The van der Waals surface area contributed by atoms with Crippen LogP contribution in [0.4, 0.5) is 0 Å². The van der Waals surface area contributed by atoms with E-state index in [4.69, 9.17) is 4.42 Å². The summed E-state index contributed by atoms with van der Waals surface area (Å²) in [5.41, 5.74) is 4.83. The van der Waals surface area contributed by atoms with Crippen LogP contribution in [-0.4, -0.2) is 17.0 Å². The van der Waals surface area contributed by atoms with E-state index in [1.807, 2.05) is 31.2 Å². The molecule has 0 fully saturated rings. The molecule has 4 nitrogen and oxygen atoms in total. The largest absolute Gasteiger partial charge is 0.460 e. The Balaban J connectivity index is 1.91. The van der Waals surface area contributed by atoms with E-state index in [0.717, 1.165) is 36.1 Å². The van der Waals surface area contributed by atoms with Crippen LogP contribution in [0.25, 0.3) is 11.1 Å². The molecule has 3 rings (SSSR count). The van der Waals surface area contributed by atoms with E-state index in [0.29, 0.717) is 18.8 Å². The lowest BCUT2D eigenvalue weighted by molar-refractivity contribution is 0.0944. The molecular formula is C21H26N2O2. The van der Waals surface area contributed by atoms with E-state index in [9.17, 15) is 4.79 Å². The molecule has 1 amide bonds. The molecule has 4 heteroatoms. The number of nitrogens with zero attached hydrogens (tertiary/aromatic N) is 1. The Hall–Kier alpha value is -2.49. The van der Waals surface area contributed by atoms with Crippen molar-refractivity contribution in [1.82, 2.24) is 9.88 Å². The summed E-state index contributed by atoms with van der Waals surface area (Å²) < 4.78 is 7.81. The number of amides is 1. The number of hydrogen-bond donors (Lipinski definition) is 1. The molecule has 0 bridgehead atoms. The van der Waals surface area contributed by atoms with Gasteiger partial charge in [0.05, 0.1) is 5.52 Å². The maximum atomic E-state index is 12.7. The minimum absolute atomic E-state index is 0.0336. The maximum Gasteiger partial charge on any atom is 0.268 e. The molecular weight excluding hydrogens is 312 g/mol. The Bertz CT molecular complexity index is 873. The van der Waals surface area contributed by atoms with E-state index >= 15 is 0 Å². The number of unbranched alkanes of at least 4 members (excludes halogenated alkanes) is 2. The van der Waals surface area contributed by atoms with Crippen LogP contribution in [0.3, 0.4) is 0 Å². The fraction of sp³-hybridized carbons (Fsp3) is 0.381. The van der Waals surface area contributed by atoms with Crippen LogP contribution in [0.15, 0.2) is 40.8 Å². The summed E-state index contributed by atoms with van der Waals surface area (Å²) >= 11 is 0. The topological polar surface area (TPSA) is 47.2 Å². The number of carbonyl (C=O) groups excluding carboxylic acids is 1. The molecule has 0 aliphatic carbocycles. The van der Waals surface area contributed by atoms with Gasteiger partial charge >= 0.3 is 0 Å². The zero-order chi connectivity index (χ0) is 17.8. The van der Waals surface area contributed by atoms with Gasteiger partial charge in [0, 0.05) is 25.2 Å². The smallest absolute Gasteiger partial charge is 0.268 e. The number of benzene rings is 1. The maximum absolute atomic E-state index is 12.7. The molecule has 0 atom stereocenters. The Kier molecular flexibility index (Phi) is 5.27. The highest BCUT2D eigenvalue weighted by molar-refractivity contribution is 5.97. The Morgan fingerprint density at radius 2 is 1.96 bits per heavy atom. The van der Waals surface area contributed by atoms with Crippen molar-refractivity contribution in [2.24, 2.45) is 0 Å². The summed E-state index contributed by atoms with van der Waals surface area (Å²) in [6.45, 7) is 7.56. The second kappa shape index (κ2) is 7.60. The molecule has 0 aliphatic rings. The van der Waals surface area contributed by atoms with Gasteiger partial charge in [-0.25, -0.2) is 0 Å². The summed E-state index contributed by atoms with van der Waals surface area (Å²) in [5, 5.41) is 3.04. The van der Waals surface area contributed by atoms with E-state index in [1.165, 1.54) is 11.1 Å². The lowest BCUT2D eigenvalue weighted by Gasteiger charge is -2.12. The highest BCUT2D eigenvalue weighted by atomic mass is 16.3. The van der Waals surface area contributed by atoms with Gasteiger partial charge in [-0.1, -0.05) is 44.0 Å². The fourth-order valence-corrected chi connectivity index (χ4v) is 3.15. The van der Waals surface area contributed by atoms with E-state index in [2.05, 4.69) is 35.9 Å². The first-order valence-corrected chi connectivity index (χ1v) is 9.02. The molecule has 25 heavy (non-hydrogen) atoms. The quantitative estimate of drug-likeness (QED) is 0.628. The molecule has 0 spiro atoms. The van der Waals surface area contributed by atoms with Crippen molar-refractivity contribution in [2.75, 3.05) is 6.54 Å². The lowest BCUT2D eigenvalue weighted by Crippen LogP contribution is -2.27. The van der Waals surface area contributed by atoms with E-state index < -0.39 is 0 Å². The average Bonchev–Trinajstić information content (AvgIpc) is 3.11. The van der Waals surface area contributed by atoms with Crippen molar-refractivity contribution in [3.63, 3.8) is 0 Å². The number of aryl methyl sites for hydroxylation is 2. The molecule has 3 aromatic rings. The van der Waals surface area contributed by atoms with Gasteiger partial charge in [0.15, 0.2) is 5.58 Å². The van der Waals surface area contributed by atoms with Crippen molar-refractivity contribution >= 4 is 17.0 Å². The molecule has 2 heterocycles. The average molecular weight is 338 g/mol. The van der Waals surface area contributed by atoms with Crippen LogP contribution in [0.2, 0.25) is 0 Å². The number of rotatable bonds is 7. The van der Waals surface area contributed by atoms with Gasteiger partial charge in [0.1, 0.15) is 11.5 Å². The number of fused-ring (bicyclic) bond motifs is 1. The zero-order valence-corrected chi connectivity index (χ0v) is 15.3. The summed E-state index contributed by atoms with van der Waals surface area (Å²) in [7, 11) is 0. The molecule has 0 saturated carbocycles. The monoisotopic (exact) mass is 338 g/mol. The first-order valence-electron chi connectivity index (χ1n) is 9.02. The first kappa shape index (κ1) is 17.3. The van der Waals surface area contributed by atoms with Crippen molar-refractivity contribution in [2.45, 2.75) is 46.6 Å². The molecule has 132 valence electrons. The van der Waals surface area contributed by atoms with Gasteiger partial charge < -0.3 is 14.3 Å². The molecule has 1 N–H and O–H groups in total. The normalized spacial score (nSPS) is 11.2. The van der Waals surface area contributed by atoms with Gasteiger partial charge in [-0.15, -0.1) is 0 Å². The third kappa shape index (κ3) is 3.78. The fourth-order valence-electron chi connectivity index (χ4n) is 3.15. The summed E-state index contributed by atoms with van der Waals surface area (Å²) in [5.74, 6) is 0.826. The van der Waals surface area contributed by atoms with Gasteiger partial charge in [-0.2, -0.15) is 0 Å². The van der Waals surface area contributed by atoms with Gasteiger partial charge in [0.25, 0.3) is 5.91 Å². The predicted octanol–water partition coefficient (Wildman–Crippen LogP) is 4.82. The Labute approximate surface area is 148 Å². The minimum Gasteiger partial charge on any atom is -0.460 e. The van der Waals surface area contributed by atoms with Gasteiger partial charge in [0.2, 0.25) is 0 Å². The Morgan fingerprint density at radius 1 is 1.16 bits per heavy atom. The Morgan fingerprint density at radius 3 is 2.72 bits per heavy atom. The summed E-state index contributed by atoms with van der Waals surface area (Å²) in [6, 6.07) is 12.1. The second-order valence-electron chi connectivity index (χ2n) is 6.61. The number of furan rings is 1. The molecule has 0 aliphatic heterocycles. The third-order valence-electron chi connectivity index (χ3n) is 4.60. The van der Waals surface area contributed by atoms with E-state index in [1.54, 1.807) is 0 Å². The number of carbonyl (C=O) groups is 1. The summed E-state index contributed by atoms with van der Waals surface area (Å²) in [6.07, 6.45) is 3.29. The highest BCUT2D eigenvalue weighted by Crippen LogP contribution is 2.25. The molecule has 0 radical (unpaired) electrons. The molecule has 2 aromatic heterocycles. The molecule has 0 saturated heterocycles. The summed E-state index contributed by atoms with van der Waals surface area (Å²) in [4.78, 5) is 12.7. The van der Waals surface area contributed by atoms with Crippen LogP contribution < -0.4 is 5.32 Å². The number of aromatic nitrogens is 1. The van der Waals surface area contributed by atoms with Crippen molar-refractivity contribution in [3.8, 4) is 0 Å². The molecule has 0 unspecified atom stereocenters. The van der Waals surface area contributed by atoms with Crippen molar-refractivity contribution < 1.29 is 9.21 Å². The number of hydrogen-bond acceptors (Lipinski definition) is 2. The van der Waals surface area contributed by atoms with Crippen LogP contribution in [0, 0.1) is 13.8 Å². The second-order valence-corrected chi connectivity index (χ2v) is 6.61. The standard InChI is InChI=1S/C21H26N2O2/c1-4-5-8-11-22-21(24)19-13-20-18(12-16(3)25-20)23(19)14-17-10-7-6-9-15(17)2/h6-7,9-10,12-13H,4-5,8,11,14H2,1-3H3,(H,22,24). The highest BCUT2D eigenvalue weighted by Gasteiger charge is 2.18. The van der Waals surface area contributed by atoms with Crippen LogP contribution in [0.1, 0.15) is 53.6 Å². The van der Waals surface area contributed by atoms with Crippen LogP contribution in [0.5, 0.6) is 0 Å². The van der Waals surface area contributed by atoms with Crippen LogP contribution >= 0.6 is 0 Å². The van der Waals surface area contributed by atoms with Gasteiger partial charge in [-0.05, 0) is 31.4 Å². The SMILES string of the molecule is CCCCCNC(=O)c1cc2oc(C)cc2n1Cc1ccccc1C. The first-order chi connectivity index (χ1) is 12.1. The van der Waals surface area contributed by atoms with Crippen LogP contribution in [-0.2, 0) is 6.54 Å². The van der Waals surface area contributed by atoms with E-state index in [-0.39, 0.29) is 5.91 Å². The predicted molar refractivity (Wildman–Crippen MR) is 101 cm³/mol. The minimum atomic E-state index is -0.0336. The third-order valence-corrected chi connectivity index (χ3v) is 4.60. The number of nitrogens with one attached hydrogen (secondary N) is 1. The van der Waals surface area contributed by atoms with Gasteiger partial charge in [-0.3, -0.25) is 4.79 Å².